The standard InChI is InChI=1S/C17H20F3N3O2/c1-9(2)13-7-15(21-8-10(3)24)22-23-16(13)12-5-4-11(6-14(12)25)17(18,19)20/h4-7,9-10,24-25H,8H2,1-3H3,(H,21,22)/t10-/m1/s1. The lowest BCUT2D eigenvalue weighted by atomic mass is 9.96. The summed E-state index contributed by atoms with van der Waals surface area (Å²) in [4.78, 5) is 0. The molecule has 1 atom stereocenters. The summed E-state index contributed by atoms with van der Waals surface area (Å²) in [6.07, 6.45) is -5.10. The number of aromatic nitrogens is 2. The molecule has 1 aromatic heterocycles. The van der Waals surface area contributed by atoms with Gasteiger partial charge in [-0.25, -0.2) is 0 Å². The fourth-order valence-corrected chi connectivity index (χ4v) is 2.30. The number of aliphatic hydroxyl groups is 1. The molecule has 25 heavy (non-hydrogen) atoms. The number of halogens is 3. The number of anilines is 1. The molecule has 0 aliphatic heterocycles. The number of hydrogen-bond acceptors (Lipinski definition) is 5. The number of alkyl halides is 3. The van der Waals surface area contributed by atoms with Gasteiger partial charge in [-0.1, -0.05) is 13.8 Å². The molecule has 3 N–H and O–H groups in total. The molecule has 1 heterocycles. The van der Waals surface area contributed by atoms with E-state index in [1.54, 1.807) is 13.0 Å². The molecule has 2 rings (SSSR count). The van der Waals surface area contributed by atoms with E-state index in [1.807, 2.05) is 13.8 Å². The third kappa shape index (κ3) is 4.60. The van der Waals surface area contributed by atoms with E-state index in [2.05, 4.69) is 15.5 Å². The van der Waals surface area contributed by atoms with Gasteiger partial charge in [0.1, 0.15) is 17.3 Å². The summed E-state index contributed by atoms with van der Waals surface area (Å²) >= 11 is 0. The second kappa shape index (κ2) is 7.26. The Balaban J connectivity index is 2.44. The number of aromatic hydroxyl groups is 1. The summed E-state index contributed by atoms with van der Waals surface area (Å²) in [7, 11) is 0. The molecule has 0 bridgehead atoms. The Kier molecular flexibility index (Phi) is 5.52. The van der Waals surface area contributed by atoms with Crippen LogP contribution in [0.15, 0.2) is 24.3 Å². The maximum atomic E-state index is 12.7. The maximum Gasteiger partial charge on any atom is 0.416 e. The fraction of sp³-hybridized carbons (Fsp3) is 0.412. The van der Waals surface area contributed by atoms with Crippen molar-refractivity contribution in [2.24, 2.45) is 0 Å². The van der Waals surface area contributed by atoms with Crippen molar-refractivity contribution >= 4 is 5.82 Å². The van der Waals surface area contributed by atoms with Crippen molar-refractivity contribution in [1.29, 1.82) is 0 Å². The van der Waals surface area contributed by atoms with Crippen molar-refractivity contribution in [3.63, 3.8) is 0 Å². The highest BCUT2D eigenvalue weighted by Crippen LogP contribution is 2.38. The van der Waals surface area contributed by atoms with Crippen LogP contribution in [0.5, 0.6) is 5.75 Å². The first-order chi connectivity index (χ1) is 11.6. The van der Waals surface area contributed by atoms with Crippen molar-refractivity contribution in [2.75, 3.05) is 11.9 Å². The number of phenols is 1. The van der Waals surface area contributed by atoms with Crippen LogP contribution in [0.4, 0.5) is 19.0 Å². The first kappa shape index (κ1) is 19.0. The van der Waals surface area contributed by atoms with Crippen LogP contribution in [0.2, 0.25) is 0 Å². The van der Waals surface area contributed by atoms with Gasteiger partial charge in [-0.2, -0.15) is 13.2 Å². The molecule has 136 valence electrons. The second-order valence-corrected chi connectivity index (χ2v) is 6.15. The minimum absolute atomic E-state index is 0.000655. The average molecular weight is 355 g/mol. The zero-order valence-corrected chi connectivity index (χ0v) is 14.1. The highest BCUT2D eigenvalue weighted by Gasteiger charge is 2.31. The SMILES string of the molecule is CC(C)c1cc(NC[C@@H](C)O)nnc1-c1ccc(C(F)(F)F)cc1O. The molecule has 0 fully saturated rings. The van der Waals surface area contributed by atoms with Crippen LogP contribution in [0.25, 0.3) is 11.3 Å². The largest absolute Gasteiger partial charge is 0.507 e. The normalized spacial score (nSPS) is 13.1. The predicted molar refractivity (Wildman–Crippen MR) is 88.4 cm³/mol. The predicted octanol–water partition coefficient (Wildman–Crippen LogP) is 3.78. The first-order valence-electron chi connectivity index (χ1n) is 7.79. The van der Waals surface area contributed by atoms with Crippen LogP contribution >= 0.6 is 0 Å². The lowest BCUT2D eigenvalue weighted by molar-refractivity contribution is -0.137. The molecular formula is C17H20F3N3O2. The van der Waals surface area contributed by atoms with Gasteiger partial charge in [0.15, 0.2) is 0 Å². The molecule has 0 saturated carbocycles. The Labute approximate surface area is 143 Å². The van der Waals surface area contributed by atoms with Crippen LogP contribution in [0, 0.1) is 0 Å². The highest BCUT2D eigenvalue weighted by molar-refractivity contribution is 5.71. The summed E-state index contributed by atoms with van der Waals surface area (Å²) in [5.41, 5.74) is 0.302. The van der Waals surface area contributed by atoms with Crippen molar-refractivity contribution in [1.82, 2.24) is 10.2 Å². The molecule has 0 radical (unpaired) electrons. The monoisotopic (exact) mass is 355 g/mol. The topological polar surface area (TPSA) is 78.3 Å². The third-order valence-electron chi connectivity index (χ3n) is 3.60. The molecule has 0 aliphatic rings. The Bertz CT molecular complexity index is 746. The van der Waals surface area contributed by atoms with Gasteiger partial charge in [-0.3, -0.25) is 0 Å². The van der Waals surface area contributed by atoms with Crippen LogP contribution in [0.1, 0.15) is 37.8 Å². The van der Waals surface area contributed by atoms with Crippen LogP contribution in [0.3, 0.4) is 0 Å². The van der Waals surface area contributed by atoms with Crippen molar-refractivity contribution in [3.8, 4) is 17.0 Å². The summed E-state index contributed by atoms with van der Waals surface area (Å²) < 4.78 is 38.2. The minimum atomic E-state index is -4.53. The van der Waals surface area contributed by atoms with E-state index in [1.165, 1.54) is 6.07 Å². The van der Waals surface area contributed by atoms with E-state index in [9.17, 15) is 23.4 Å². The molecular weight excluding hydrogens is 335 g/mol. The molecule has 1 aromatic carbocycles. The van der Waals surface area contributed by atoms with E-state index in [-0.39, 0.29) is 18.0 Å². The number of benzene rings is 1. The van der Waals surface area contributed by atoms with Crippen LogP contribution in [-0.2, 0) is 6.18 Å². The van der Waals surface area contributed by atoms with Gasteiger partial charge in [0.05, 0.1) is 11.7 Å². The van der Waals surface area contributed by atoms with Gasteiger partial charge < -0.3 is 15.5 Å². The summed E-state index contributed by atoms with van der Waals surface area (Å²) in [6, 6.07) is 4.49. The average Bonchev–Trinajstić information content (AvgIpc) is 2.51. The van der Waals surface area contributed by atoms with Gasteiger partial charge in [0.2, 0.25) is 0 Å². The van der Waals surface area contributed by atoms with Crippen molar-refractivity contribution < 1.29 is 23.4 Å². The van der Waals surface area contributed by atoms with E-state index in [0.29, 0.717) is 17.6 Å². The number of nitrogens with zero attached hydrogens (tertiary/aromatic N) is 2. The lowest BCUT2D eigenvalue weighted by Gasteiger charge is -2.16. The first-order valence-corrected chi connectivity index (χ1v) is 7.79. The second-order valence-electron chi connectivity index (χ2n) is 6.15. The molecule has 0 saturated heterocycles. The Hall–Kier alpha value is -2.35. The molecule has 0 spiro atoms. The zero-order valence-electron chi connectivity index (χ0n) is 14.1. The maximum absolute atomic E-state index is 12.7. The number of nitrogens with one attached hydrogen (secondary N) is 1. The number of phenolic OH excluding ortho intramolecular Hbond substituents is 1. The Morgan fingerprint density at radius 2 is 1.80 bits per heavy atom. The minimum Gasteiger partial charge on any atom is -0.507 e. The van der Waals surface area contributed by atoms with E-state index in [4.69, 9.17) is 0 Å². The van der Waals surface area contributed by atoms with Gasteiger partial charge >= 0.3 is 6.18 Å². The fourth-order valence-electron chi connectivity index (χ4n) is 2.30. The van der Waals surface area contributed by atoms with E-state index >= 15 is 0 Å². The summed E-state index contributed by atoms with van der Waals surface area (Å²) in [5.74, 6) is -0.0604. The smallest absolute Gasteiger partial charge is 0.416 e. The molecule has 8 heteroatoms. The Morgan fingerprint density at radius 1 is 1.12 bits per heavy atom. The van der Waals surface area contributed by atoms with Gasteiger partial charge in [0.25, 0.3) is 0 Å². The highest BCUT2D eigenvalue weighted by atomic mass is 19.4. The number of hydrogen-bond donors (Lipinski definition) is 3. The molecule has 2 aromatic rings. The van der Waals surface area contributed by atoms with Gasteiger partial charge in [-0.05, 0) is 42.7 Å². The van der Waals surface area contributed by atoms with Crippen molar-refractivity contribution in [2.45, 2.75) is 39.0 Å². The third-order valence-corrected chi connectivity index (χ3v) is 3.60. The van der Waals surface area contributed by atoms with E-state index in [0.717, 1.165) is 11.6 Å². The number of aliphatic hydroxyl groups excluding tert-OH is 1. The van der Waals surface area contributed by atoms with Crippen LogP contribution < -0.4 is 5.32 Å². The van der Waals surface area contributed by atoms with E-state index < -0.39 is 23.6 Å². The molecule has 0 unspecified atom stereocenters. The summed E-state index contributed by atoms with van der Waals surface area (Å²) in [5, 5.41) is 30.3. The molecule has 5 nitrogen and oxygen atoms in total. The van der Waals surface area contributed by atoms with Crippen molar-refractivity contribution in [3.05, 3.63) is 35.4 Å². The summed E-state index contributed by atoms with van der Waals surface area (Å²) in [6.45, 7) is 5.72. The molecule has 0 aliphatic carbocycles. The van der Waals surface area contributed by atoms with Gasteiger partial charge in [0, 0.05) is 12.1 Å². The molecule has 0 amide bonds. The Morgan fingerprint density at radius 3 is 2.32 bits per heavy atom. The quantitative estimate of drug-likeness (QED) is 0.761. The zero-order chi connectivity index (χ0) is 18.8. The number of rotatable bonds is 5. The van der Waals surface area contributed by atoms with Crippen LogP contribution in [-0.4, -0.2) is 33.1 Å². The van der Waals surface area contributed by atoms with Gasteiger partial charge in [-0.15, -0.1) is 10.2 Å². The lowest BCUT2D eigenvalue weighted by Crippen LogP contribution is -2.16.